The van der Waals surface area contributed by atoms with Crippen LogP contribution < -0.4 is 11.1 Å². The SMILES string of the molecule is Nc1cc(NC(=O)CCOC2CCOC2)ccc1F. The minimum Gasteiger partial charge on any atom is -0.396 e. The van der Waals surface area contributed by atoms with Crippen LogP contribution in [-0.2, 0) is 14.3 Å². The fourth-order valence-electron chi connectivity index (χ4n) is 1.81. The molecule has 19 heavy (non-hydrogen) atoms. The molecule has 5 nitrogen and oxygen atoms in total. The fraction of sp³-hybridized carbons (Fsp3) is 0.462. The van der Waals surface area contributed by atoms with Gasteiger partial charge in [0.1, 0.15) is 5.82 Å². The quantitative estimate of drug-likeness (QED) is 0.794. The van der Waals surface area contributed by atoms with Crippen molar-refractivity contribution in [3.8, 4) is 0 Å². The van der Waals surface area contributed by atoms with Crippen molar-refractivity contribution in [1.82, 2.24) is 0 Å². The summed E-state index contributed by atoms with van der Waals surface area (Å²) in [6.45, 7) is 1.65. The van der Waals surface area contributed by atoms with E-state index in [9.17, 15) is 9.18 Å². The van der Waals surface area contributed by atoms with Crippen LogP contribution in [0.1, 0.15) is 12.8 Å². The summed E-state index contributed by atoms with van der Waals surface area (Å²) in [5.41, 5.74) is 5.91. The number of rotatable bonds is 5. The lowest BCUT2D eigenvalue weighted by atomic mass is 10.2. The van der Waals surface area contributed by atoms with Gasteiger partial charge in [-0.1, -0.05) is 0 Å². The van der Waals surface area contributed by atoms with Crippen molar-refractivity contribution in [3.63, 3.8) is 0 Å². The molecule has 1 aromatic rings. The highest BCUT2D eigenvalue weighted by Gasteiger charge is 2.16. The van der Waals surface area contributed by atoms with Crippen LogP contribution in [0, 0.1) is 5.82 Å². The van der Waals surface area contributed by atoms with Crippen LogP contribution >= 0.6 is 0 Å². The van der Waals surface area contributed by atoms with Gasteiger partial charge in [-0.3, -0.25) is 4.79 Å². The van der Waals surface area contributed by atoms with Gasteiger partial charge in [0.25, 0.3) is 0 Å². The van der Waals surface area contributed by atoms with Gasteiger partial charge in [-0.15, -0.1) is 0 Å². The molecule has 0 aromatic heterocycles. The highest BCUT2D eigenvalue weighted by Crippen LogP contribution is 2.16. The van der Waals surface area contributed by atoms with Crippen LogP contribution in [0.4, 0.5) is 15.8 Å². The van der Waals surface area contributed by atoms with E-state index in [0.717, 1.165) is 6.42 Å². The number of carbonyl (C=O) groups is 1. The molecular formula is C13H17FN2O3. The molecule has 1 aliphatic heterocycles. The molecule has 104 valence electrons. The first kappa shape index (κ1) is 13.8. The molecule has 1 saturated heterocycles. The average molecular weight is 268 g/mol. The molecule has 0 aliphatic carbocycles. The third-order valence-corrected chi connectivity index (χ3v) is 2.85. The maximum atomic E-state index is 12.9. The van der Waals surface area contributed by atoms with Gasteiger partial charge in [-0.25, -0.2) is 4.39 Å². The summed E-state index contributed by atoms with van der Waals surface area (Å²) < 4.78 is 23.6. The number of nitrogens with two attached hydrogens (primary N) is 1. The third kappa shape index (κ3) is 4.18. The first-order valence-corrected chi connectivity index (χ1v) is 6.19. The number of hydrogen-bond acceptors (Lipinski definition) is 4. The molecule has 0 spiro atoms. The van der Waals surface area contributed by atoms with Gasteiger partial charge >= 0.3 is 0 Å². The molecule has 3 N–H and O–H groups in total. The standard InChI is InChI=1S/C13H17FN2O3/c14-11-2-1-9(7-12(11)15)16-13(17)4-6-19-10-3-5-18-8-10/h1-2,7,10H,3-6,8,15H2,(H,16,17). The van der Waals surface area contributed by atoms with Crippen molar-refractivity contribution >= 4 is 17.3 Å². The van der Waals surface area contributed by atoms with Gasteiger partial charge in [-0.05, 0) is 24.6 Å². The van der Waals surface area contributed by atoms with Crippen LogP contribution in [0.5, 0.6) is 0 Å². The Morgan fingerprint density at radius 1 is 1.58 bits per heavy atom. The lowest BCUT2D eigenvalue weighted by Crippen LogP contribution is -2.18. The Balaban J connectivity index is 1.72. The molecule has 2 rings (SSSR count). The molecule has 1 unspecified atom stereocenters. The number of carbonyl (C=O) groups excluding carboxylic acids is 1. The van der Waals surface area contributed by atoms with E-state index in [0.29, 0.717) is 25.5 Å². The second-order valence-corrected chi connectivity index (χ2v) is 4.39. The number of amides is 1. The van der Waals surface area contributed by atoms with Crippen molar-refractivity contribution in [3.05, 3.63) is 24.0 Å². The molecule has 1 heterocycles. The Morgan fingerprint density at radius 3 is 3.11 bits per heavy atom. The number of anilines is 2. The zero-order valence-electron chi connectivity index (χ0n) is 10.5. The highest BCUT2D eigenvalue weighted by atomic mass is 19.1. The topological polar surface area (TPSA) is 73.6 Å². The van der Waals surface area contributed by atoms with Crippen molar-refractivity contribution in [2.24, 2.45) is 0 Å². The first-order valence-electron chi connectivity index (χ1n) is 6.19. The van der Waals surface area contributed by atoms with Crippen LogP contribution in [-0.4, -0.2) is 31.8 Å². The minimum atomic E-state index is -0.498. The largest absolute Gasteiger partial charge is 0.396 e. The van der Waals surface area contributed by atoms with Gasteiger partial charge in [0.15, 0.2) is 0 Å². The van der Waals surface area contributed by atoms with Gasteiger partial charge in [0, 0.05) is 12.3 Å². The van der Waals surface area contributed by atoms with E-state index in [1.54, 1.807) is 0 Å². The van der Waals surface area contributed by atoms with Crippen LogP contribution in [0.3, 0.4) is 0 Å². The summed E-state index contributed by atoms with van der Waals surface area (Å²) in [5, 5.41) is 2.64. The number of hydrogen-bond donors (Lipinski definition) is 2. The van der Waals surface area contributed by atoms with E-state index in [2.05, 4.69) is 5.32 Å². The van der Waals surface area contributed by atoms with E-state index in [4.69, 9.17) is 15.2 Å². The van der Waals surface area contributed by atoms with E-state index < -0.39 is 5.82 Å². The number of nitrogens with one attached hydrogen (secondary N) is 1. The fourth-order valence-corrected chi connectivity index (χ4v) is 1.81. The van der Waals surface area contributed by atoms with E-state index in [1.165, 1.54) is 18.2 Å². The van der Waals surface area contributed by atoms with Crippen molar-refractivity contribution < 1.29 is 18.7 Å². The van der Waals surface area contributed by atoms with Crippen LogP contribution in [0.15, 0.2) is 18.2 Å². The predicted octanol–water partition coefficient (Wildman–Crippen LogP) is 1.54. The molecule has 1 aliphatic rings. The van der Waals surface area contributed by atoms with Crippen molar-refractivity contribution in [1.29, 1.82) is 0 Å². The first-order chi connectivity index (χ1) is 9.15. The number of ether oxygens (including phenoxy) is 2. The lowest BCUT2D eigenvalue weighted by Gasteiger charge is -2.10. The monoisotopic (exact) mass is 268 g/mol. The zero-order valence-corrected chi connectivity index (χ0v) is 10.5. The Bertz CT molecular complexity index is 448. The molecule has 1 atom stereocenters. The molecule has 1 aromatic carbocycles. The van der Waals surface area contributed by atoms with Gasteiger partial charge in [0.2, 0.25) is 5.91 Å². The zero-order chi connectivity index (χ0) is 13.7. The summed E-state index contributed by atoms with van der Waals surface area (Å²) in [6, 6.07) is 4.07. The normalized spacial score (nSPS) is 18.5. The van der Waals surface area contributed by atoms with Crippen molar-refractivity contribution in [2.75, 3.05) is 30.9 Å². The lowest BCUT2D eigenvalue weighted by molar-refractivity contribution is -0.117. The second kappa shape index (κ2) is 6.49. The Kier molecular flexibility index (Phi) is 4.70. The predicted molar refractivity (Wildman–Crippen MR) is 69.2 cm³/mol. The molecule has 0 radical (unpaired) electrons. The molecule has 1 amide bonds. The van der Waals surface area contributed by atoms with E-state index >= 15 is 0 Å². The van der Waals surface area contributed by atoms with Gasteiger partial charge in [-0.2, -0.15) is 0 Å². The molecule has 6 heteroatoms. The Labute approximate surface area is 110 Å². The number of halogens is 1. The number of benzene rings is 1. The van der Waals surface area contributed by atoms with Gasteiger partial charge in [0.05, 0.1) is 31.4 Å². The van der Waals surface area contributed by atoms with E-state index in [1.807, 2.05) is 0 Å². The van der Waals surface area contributed by atoms with Gasteiger partial charge < -0.3 is 20.5 Å². The summed E-state index contributed by atoms with van der Waals surface area (Å²) in [7, 11) is 0. The Morgan fingerprint density at radius 2 is 2.42 bits per heavy atom. The highest BCUT2D eigenvalue weighted by molar-refractivity contribution is 5.91. The maximum Gasteiger partial charge on any atom is 0.226 e. The second-order valence-electron chi connectivity index (χ2n) is 4.39. The summed E-state index contributed by atoms with van der Waals surface area (Å²) in [6.07, 6.45) is 1.21. The van der Waals surface area contributed by atoms with Crippen LogP contribution in [0.2, 0.25) is 0 Å². The molecule has 1 fully saturated rings. The molecule has 0 bridgehead atoms. The number of nitrogen functional groups attached to an aromatic ring is 1. The third-order valence-electron chi connectivity index (χ3n) is 2.85. The molecular weight excluding hydrogens is 251 g/mol. The minimum absolute atomic E-state index is 0.0113. The average Bonchev–Trinajstić information content (AvgIpc) is 2.87. The summed E-state index contributed by atoms with van der Waals surface area (Å²) >= 11 is 0. The smallest absolute Gasteiger partial charge is 0.226 e. The summed E-state index contributed by atoms with van der Waals surface area (Å²) in [4.78, 5) is 11.6. The Hall–Kier alpha value is -1.66. The summed E-state index contributed by atoms with van der Waals surface area (Å²) in [5.74, 6) is -0.688. The van der Waals surface area contributed by atoms with E-state index in [-0.39, 0.29) is 24.1 Å². The van der Waals surface area contributed by atoms with Crippen molar-refractivity contribution in [2.45, 2.75) is 18.9 Å². The molecule has 0 saturated carbocycles. The maximum absolute atomic E-state index is 12.9. The van der Waals surface area contributed by atoms with Crippen LogP contribution in [0.25, 0.3) is 0 Å².